The van der Waals surface area contributed by atoms with Gasteiger partial charge >= 0.3 is 12.1 Å². The number of benzene rings is 3. The number of aliphatic hydroxyl groups is 2. The highest BCUT2D eigenvalue weighted by Crippen LogP contribution is 2.34. The molecule has 0 saturated carbocycles. The lowest BCUT2D eigenvalue weighted by atomic mass is 10.00. The highest BCUT2D eigenvalue weighted by atomic mass is 32.2. The number of pyridine rings is 1. The Kier molecular flexibility index (Phi) is 35.6. The monoisotopic (exact) mass is 1550 g/mol. The highest BCUT2D eigenvalue weighted by Gasteiger charge is 2.38. The van der Waals surface area contributed by atoms with Crippen LogP contribution in [0.5, 0.6) is 0 Å². The summed E-state index contributed by atoms with van der Waals surface area (Å²) in [4.78, 5) is 190. The number of hydrogen-bond donors (Lipinski definition) is 18. The molecule has 11 atom stereocenters. The molecule has 1 aliphatic heterocycles. The third-order valence-electron chi connectivity index (χ3n) is 17.5. The van der Waals surface area contributed by atoms with Crippen LogP contribution in [0.4, 0.5) is 9.59 Å². The molecule has 0 aliphatic carbocycles. The fraction of sp³-hybridized carbons (Fsp3) is 0.466. The molecule has 596 valence electrons. The minimum atomic E-state index is -1.81. The average Bonchev–Trinajstić information content (AvgIpc) is 1.62. The van der Waals surface area contributed by atoms with Crippen LogP contribution in [0.1, 0.15) is 106 Å². The Hall–Kier alpha value is -11.0. The van der Waals surface area contributed by atoms with E-state index in [2.05, 4.69) is 68.6 Å². The van der Waals surface area contributed by atoms with Gasteiger partial charge in [0.05, 0.1) is 41.2 Å². The molecule has 23 N–H and O–H groups in total. The van der Waals surface area contributed by atoms with Crippen LogP contribution in [0.3, 0.4) is 0 Å². The Bertz CT molecular complexity index is 4020. The maximum Gasteiger partial charge on any atom is 0.404 e. The second kappa shape index (κ2) is 44.5. The lowest BCUT2D eigenvalue weighted by Gasteiger charge is -2.29. The Labute approximate surface area is 640 Å². The molecule has 13 amide bonds. The minimum Gasteiger partial charge on any atom is -0.448 e. The first-order chi connectivity index (χ1) is 52.6. The number of aromatic nitrogens is 3. The van der Waals surface area contributed by atoms with Gasteiger partial charge in [-0.15, -0.1) is 0 Å². The fourth-order valence-electron chi connectivity index (χ4n) is 11.6. The van der Waals surface area contributed by atoms with E-state index >= 15 is 0 Å². The van der Waals surface area contributed by atoms with Crippen molar-refractivity contribution >= 4 is 112 Å². The van der Waals surface area contributed by atoms with Gasteiger partial charge in [-0.05, 0) is 144 Å². The number of carbonyl (C=O) groups excluding carboxylic acids is 13. The molecule has 37 heteroatoms. The molecular weight excluding hydrogens is 1440 g/mol. The molecule has 3 heterocycles. The third kappa shape index (κ3) is 26.7. The normalized spacial score (nSPS) is 19.7. The van der Waals surface area contributed by atoms with E-state index in [-0.39, 0.29) is 95.0 Å². The van der Waals surface area contributed by atoms with Crippen molar-refractivity contribution in [3.05, 3.63) is 120 Å². The van der Waals surface area contributed by atoms with Gasteiger partial charge in [0.2, 0.25) is 59.1 Å². The van der Waals surface area contributed by atoms with Crippen molar-refractivity contribution in [1.82, 2.24) is 78.1 Å². The van der Waals surface area contributed by atoms with Gasteiger partial charge in [0.1, 0.15) is 61.0 Å². The Morgan fingerprint density at radius 1 is 0.691 bits per heavy atom. The maximum absolute atomic E-state index is 14.9. The standard InChI is InChI=1S/C73H102N20O16S/c1-6-57(95)61(89-59(96)28-35-92(36-37-109-72(78)107)73(108)93-56-40-45(110-58-18-11-10-17-47(58)62(97)79-5)20-21-46(56)48(91-93)22-19-44-16-12-13-33-80-44)71(106)86-51(25-31-76)64(99)85-53-27-34-81-70(105)60(42(4)94)90-67(102)52(26-32-77)83-63(98)49(23-29-74)84-68(103)54(38-41(2)3)87-69(104)55(39-43-14-8-7-9-15-43)88-65(100)50(24-30-75)82-66(53)101/h7-22,33,40-42,49-55,57,60-61,94-95H,6,23-32,34-39,74-77H2,1-5H3,(H2,78,107)(H,79,97)(H,81,105)(H,82,101)(H,83,98)(H,84,103)(H,85,99)(H,86,106)(H,87,104)(H,88,100)(H,89,96)(H,90,102)/b22-19+/t42-,49+,50+,51+,52+,53+,54+,55-,57-,60+,61+/m1/s1. The van der Waals surface area contributed by atoms with Crippen molar-refractivity contribution in [2.45, 2.75) is 162 Å². The van der Waals surface area contributed by atoms with Crippen molar-refractivity contribution in [2.24, 2.45) is 34.6 Å². The quantitative estimate of drug-likeness (QED) is 0.0220. The number of primary amides is 1. The molecule has 36 nitrogen and oxygen atoms in total. The smallest absolute Gasteiger partial charge is 0.404 e. The fourth-order valence-corrected chi connectivity index (χ4v) is 12.6. The average molecular weight is 1550 g/mol. The Morgan fingerprint density at radius 3 is 1.89 bits per heavy atom. The lowest BCUT2D eigenvalue weighted by Crippen LogP contribution is -2.61. The van der Waals surface area contributed by atoms with E-state index in [4.69, 9.17) is 33.4 Å². The van der Waals surface area contributed by atoms with Crippen LogP contribution < -0.4 is 87.2 Å². The summed E-state index contributed by atoms with van der Waals surface area (Å²) in [7, 11) is 1.51. The Morgan fingerprint density at radius 2 is 1.29 bits per heavy atom. The molecule has 1 fully saturated rings. The van der Waals surface area contributed by atoms with E-state index in [9.17, 15) is 72.5 Å². The first-order valence-corrected chi connectivity index (χ1v) is 37.0. The number of carbonyl (C=O) groups is 13. The molecule has 110 heavy (non-hydrogen) atoms. The predicted molar refractivity (Wildman–Crippen MR) is 407 cm³/mol. The molecule has 0 unspecified atom stereocenters. The van der Waals surface area contributed by atoms with Crippen LogP contribution in [0, 0.1) is 5.92 Å². The number of nitrogens with two attached hydrogens (primary N) is 5. The number of rotatable bonds is 31. The van der Waals surface area contributed by atoms with E-state index in [0.29, 0.717) is 37.7 Å². The first-order valence-electron chi connectivity index (χ1n) is 36.2. The highest BCUT2D eigenvalue weighted by molar-refractivity contribution is 7.99. The van der Waals surface area contributed by atoms with Crippen LogP contribution in [0.2, 0.25) is 0 Å². The van der Waals surface area contributed by atoms with Crippen molar-refractivity contribution in [3.8, 4) is 0 Å². The molecular formula is C73H102N20O16S. The van der Waals surface area contributed by atoms with Gasteiger partial charge in [-0.25, -0.2) is 9.59 Å². The van der Waals surface area contributed by atoms with Crippen LogP contribution in [-0.4, -0.2) is 233 Å². The van der Waals surface area contributed by atoms with Crippen LogP contribution in [-0.2, 0) is 59.1 Å². The number of fused-ring (bicyclic) bond motifs is 1. The van der Waals surface area contributed by atoms with Gasteiger partial charge in [0.15, 0.2) is 0 Å². The van der Waals surface area contributed by atoms with Gasteiger partial charge in [-0.2, -0.15) is 9.78 Å². The zero-order valence-corrected chi connectivity index (χ0v) is 62.9. The molecule has 5 aromatic rings. The maximum atomic E-state index is 14.9. The molecule has 0 radical (unpaired) electrons. The molecule has 2 aromatic heterocycles. The molecule has 1 saturated heterocycles. The zero-order valence-electron chi connectivity index (χ0n) is 62.0. The summed E-state index contributed by atoms with van der Waals surface area (Å²) in [5.41, 5.74) is 31.3. The van der Waals surface area contributed by atoms with E-state index in [1.54, 1.807) is 123 Å². The predicted octanol–water partition coefficient (Wildman–Crippen LogP) is -2.41. The Balaban J connectivity index is 1.29. The summed E-state index contributed by atoms with van der Waals surface area (Å²) in [6.07, 6.45) is -1.83. The van der Waals surface area contributed by atoms with Crippen LogP contribution >= 0.6 is 11.8 Å². The number of ether oxygens (including phenoxy) is 1. The SMILES string of the molecule is CC[C@@H](O)[C@H](NC(=O)CCN(CCOC(N)=O)C(=O)n1nc(/C=C/c2ccccn2)c2ccc(Sc3ccccc3C(=O)NC)cc21)C(=O)N[C@@H](CCN)C(=O)N[C@H]1CCNC(=O)[C@H]([C@@H](C)O)NC(=O)[C@H](CCN)NC(=O)[C@H](CCN)NC(=O)[C@H](CC(C)C)NC(=O)[C@@H](Cc2ccccc2)NC(=O)[C@H](CCN)NC1=O. The van der Waals surface area contributed by atoms with E-state index in [0.717, 1.165) is 9.58 Å². The molecule has 3 aromatic carbocycles. The minimum absolute atomic E-state index is 0.0169. The largest absolute Gasteiger partial charge is 0.448 e. The number of amides is 13. The molecule has 0 spiro atoms. The number of nitrogens with zero attached hydrogens (tertiary/aromatic N) is 4. The second-order valence-corrected chi connectivity index (χ2v) is 27.4. The van der Waals surface area contributed by atoms with Crippen molar-refractivity contribution in [1.29, 1.82) is 0 Å². The summed E-state index contributed by atoms with van der Waals surface area (Å²) in [6, 6.07) is 10.9. The van der Waals surface area contributed by atoms with Crippen molar-refractivity contribution in [3.63, 3.8) is 0 Å². The topological polar surface area (TPSA) is 568 Å². The van der Waals surface area contributed by atoms with Gasteiger partial charge in [-0.1, -0.05) is 81.1 Å². The van der Waals surface area contributed by atoms with E-state index in [1.807, 2.05) is 0 Å². The van der Waals surface area contributed by atoms with E-state index < -0.39 is 170 Å². The van der Waals surface area contributed by atoms with Crippen LogP contribution in [0.25, 0.3) is 23.1 Å². The van der Waals surface area contributed by atoms with Gasteiger partial charge in [0, 0.05) is 54.4 Å². The number of nitrogens with one attached hydrogen (secondary N) is 11. The lowest BCUT2D eigenvalue weighted by molar-refractivity contribution is -0.136. The summed E-state index contributed by atoms with van der Waals surface area (Å²) in [5.74, 6) is -10.3. The first kappa shape index (κ1) is 87.9. The molecule has 1 aliphatic rings. The van der Waals surface area contributed by atoms with E-state index in [1.165, 1.54) is 32.7 Å². The van der Waals surface area contributed by atoms with Gasteiger partial charge in [-0.3, -0.25) is 57.7 Å². The summed E-state index contributed by atoms with van der Waals surface area (Å²) >= 11 is 1.24. The third-order valence-corrected chi connectivity index (χ3v) is 18.5. The summed E-state index contributed by atoms with van der Waals surface area (Å²) in [5, 5.41) is 55.7. The summed E-state index contributed by atoms with van der Waals surface area (Å²) in [6.45, 7) is 3.64. The second-order valence-electron chi connectivity index (χ2n) is 26.3. The number of aliphatic hydroxyl groups excluding tert-OH is 2. The van der Waals surface area contributed by atoms with Gasteiger partial charge in [0.25, 0.3) is 5.91 Å². The summed E-state index contributed by atoms with van der Waals surface area (Å²) < 4.78 is 6.11. The number of hydrogen-bond acceptors (Lipinski definition) is 23. The van der Waals surface area contributed by atoms with Gasteiger partial charge < -0.3 is 107 Å². The molecule has 0 bridgehead atoms. The van der Waals surface area contributed by atoms with Crippen LogP contribution in [0.15, 0.2) is 107 Å². The zero-order chi connectivity index (χ0) is 80.6. The molecule has 6 rings (SSSR count). The van der Waals surface area contributed by atoms with Crippen molar-refractivity contribution < 1.29 is 77.3 Å². The van der Waals surface area contributed by atoms with Crippen molar-refractivity contribution in [2.75, 3.05) is 59.5 Å².